The van der Waals surface area contributed by atoms with E-state index in [0.29, 0.717) is 0 Å². The summed E-state index contributed by atoms with van der Waals surface area (Å²) < 4.78 is 0. The lowest BCUT2D eigenvalue weighted by atomic mass is 9.55. The maximum Gasteiger partial charge on any atom is 0.159 e. The minimum atomic E-state index is -0.558. The summed E-state index contributed by atoms with van der Waals surface area (Å²) in [6, 6.07) is 69.6. The largest absolute Gasteiger partial charge is 0.344 e. The number of nitrogens with zero attached hydrogens (tertiary/aromatic N) is 2. The standard InChI is InChI=1S/C61H45N3/c1-60(2)51-27-13-15-29-53(51)61(54-30-16-14-28-52(54)60)50-35-33-41(40-32-34-46-44-24-10-9-22-42(44)43-23-11-12-25-45(43)48(46)36-40)37-49(50)56-47(26-17-31-55(56)61)59-63-57(38-18-5-3-6-19-38)62-58(64-59)39-20-7-4-8-21-39/h3-8,10-21,23-37,57H,9,22H2,1-2H3,(H,62,63,64). The van der Waals surface area contributed by atoms with Gasteiger partial charge in [0, 0.05) is 16.5 Å². The molecule has 1 heterocycles. The number of fused-ring (bicyclic) bond motifs is 15. The predicted molar refractivity (Wildman–Crippen MR) is 266 cm³/mol. The molecule has 9 aromatic rings. The summed E-state index contributed by atoms with van der Waals surface area (Å²) in [5, 5.41) is 9.17. The fraction of sp³-hybridized carbons (Fsp3) is 0.115. The van der Waals surface area contributed by atoms with Gasteiger partial charge in [0.05, 0.1) is 5.41 Å². The van der Waals surface area contributed by atoms with Crippen molar-refractivity contribution in [3.63, 3.8) is 0 Å². The van der Waals surface area contributed by atoms with E-state index >= 15 is 0 Å². The predicted octanol–water partition coefficient (Wildman–Crippen LogP) is 14.1. The highest BCUT2D eigenvalue weighted by molar-refractivity contribution is 6.17. The number of benzene rings is 9. The third-order valence-electron chi connectivity index (χ3n) is 14.7. The highest BCUT2D eigenvalue weighted by Gasteiger charge is 2.54. The van der Waals surface area contributed by atoms with Crippen molar-refractivity contribution >= 4 is 39.3 Å². The molecule has 1 unspecified atom stereocenters. The molecule has 1 spiro atoms. The molecule has 0 amide bonds. The number of aryl methyl sites for hydroxylation is 1. The van der Waals surface area contributed by atoms with E-state index in [4.69, 9.17) is 9.98 Å². The number of aliphatic imine (C=N–C) groups is 2. The molecule has 0 saturated carbocycles. The van der Waals surface area contributed by atoms with Crippen molar-refractivity contribution in [2.75, 3.05) is 0 Å². The van der Waals surface area contributed by atoms with Gasteiger partial charge in [0.25, 0.3) is 0 Å². The van der Waals surface area contributed by atoms with E-state index in [2.05, 4.69) is 213 Å². The molecular weight excluding hydrogens is 775 g/mol. The van der Waals surface area contributed by atoms with Gasteiger partial charge in [-0.05, 0) is 119 Å². The van der Waals surface area contributed by atoms with E-state index < -0.39 is 5.41 Å². The molecule has 0 aromatic heterocycles. The molecule has 1 N–H and O–H groups in total. The summed E-state index contributed by atoms with van der Waals surface area (Å²) in [7, 11) is 0. The van der Waals surface area contributed by atoms with Crippen LogP contribution in [-0.2, 0) is 17.3 Å². The lowest BCUT2D eigenvalue weighted by Crippen LogP contribution is -2.40. The summed E-state index contributed by atoms with van der Waals surface area (Å²) in [4.78, 5) is 10.7. The molecule has 304 valence electrons. The van der Waals surface area contributed by atoms with Crippen LogP contribution >= 0.6 is 0 Å². The Hall–Kier alpha value is -7.62. The van der Waals surface area contributed by atoms with Crippen molar-refractivity contribution in [3.05, 3.63) is 255 Å². The Kier molecular flexibility index (Phi) is 8.06. The SMILES string of the molecule is CC1(C)c2ccccc2C2(c3ccc(-c4ccc5c6c(c7ccccc7c5c4)CCC=C6)cc3-c3c(C4=NC(c5ccccc5)=NC(c5ccccc5)N4)cccc32)c2ccccc21. The van der Waals surface area contributed by atoms with E-state index in [-0.39, 0.29) is 11.6 Å². The van der Waals surface area contributed by atoms with E-state index in [9.17, 15) is 0 Å². The number of rotatable bonds is 4. The van der Waals surface area contributed by atoms with Crippen LogP contribution in [0.25, 0.3) is 49.9 Å². The summed E-state index contributed by atoms with van der Waals surface area (Å²) in [5.74, 6) is 1.54. The van der Waals surface area contributed by atoms with Crippen LogP contribution < -0.4 is 5.32 Å². The highest BCUT2D eigenvalue weighted by Crippen LogP contribution is 2.63. The van der Waals surface area contributed by atoms with E-state index in [1.165, 1.54) is 88.3 Å². The third-order valence-corrected chi connectivity index (χ3v) is 14.7. The summed E-state index contributed by atoms with van der Waals surface area (Å²) >= 11 is 0. The lowest BCUT2D eigenvalue weighted by Gasteiger charge is -2.46. The van der Waals surface area contributed by atoms with Crippen molar-refractivity contribution in [2.45, 2.75) is 43.7 Å². The minimum absolute atomic E-state index is 0.194. The highest BCUT2D eigenvalue weighted by atomic mass is 15.2. The smallest absolute Gasteiger partial charge is 0.159 e. The van der Waals surface area contributed by atoms with E-state index in [1.807, 2.05) is 6.07 Å². The first-order valence-corrected chi connectivity index (χ1v) is 22.7. The molecule has 9 aromatic carbocycles. The fourth-order valence-electron chi connectivity index (χ4n) is 11.8. The zero-order chi connectivity index (χ0) is 42.6. The van der Waals surface area contributed by atoms with Gasteiger partial charge >= 0.3 is 0 Å². The fourth-order valence-corrected chi connectivity index (χ4v) is 11.8. The van der Waals surface area contributed by atoms with Crippen LogP contribution in [0, 0.1) is 0 Å². The molecule has 3 nitrogen and oxygen atoms in total. The second kappa shape index (κ2) is 13.9. The van der Waals surface area contributed by atoms with Crippen molar-refractivity contribution in [1.29, 1.82) is 0 Å². The first kappa shape index (κ1) is 37.0. The van der Waals surface area contributed by atoms with Crippen LogP contribution in [0.1, 0.15) is 87.6 Å². The van der Waals surface area contributed by atoms with Gasteiger partial charge < -0.3 is 5.32 Å². The zero-order valence-corrected chi connectivity index (χ0v) is 35.9. The molecule has 0 saturated heterocycles. The molecule has 0 fully saturated rings. The van der Waals surface area contributed by atoms with Crippen molar-refractivity contribution < 1.29 is 0 Å². The first-order valence-electron chi connectivity index (χ1n) is 22.7. The van der Waals surface area contributed by atoms with Crippen LogP contribution in [0.3, 0.4) is 0 Å². The molecule has 0 bridgehead atoms. The number of hydrogen-bond donors (Lipinski definition) is 1. The Morgan fingerprint density at radius 3 is 1.91 bits per heavy atom. The van der Waals surface area contributed by atoms with E-state index in [0.717, 1.165) is 41.2 Å². The lowest BCUT2D eigenvalue weighted by molar-refractivity contribution is 0.563. The molecule has 4 aliphatic rings. The van der Waals surface area contributed by atoms with E-state index in [1.54, 1.807) is 0 Å². The Morgan fingerprint density at radius 1 is 0.500 bits per heavy atom. The molecule has 13 rings (SSSR count). The van der Waals surface area contributed by atoms with Gasteiger partial charge in [0.1, 0.15) is 12.0 Å². The van der Waals surface area contributed by atoms with Gasteiger partial charge in [-0.2, -0.15) is 0 Å². The van der Waals surface area contributed by atoms with Crippen LogP contribution in [0.5, 0.6) is 0 Å². The van der Waals surface area contributed by atoms with Gasteiger partial charge in [-0.3, -0.25) is 0 Å². The van der Waals surface area contributed by atoms with Gasteiger partial charge in [-0.15, -0.1) is 0 Å². The van der Waals surface area contributed by atoms with Crippen molar-refractivity contribution in [1.82, 2.24) is 5.32 Å². The van der Waals surface area contributed by atoms with Gasteiger partial charge in [-0.25, -0.2) is 9.98 Å². The normalized spacial score (nSPS) is 17.1. The number of amidine groups is 2. The van der Waals surface area contributed by atoms with Crippen molar-refractivity contribution in [3.8, 4) is 22.3 Å². The summed E-state index contributed by atoms with van der Waals surface area (Å²) in [5.41, 5.74) is 18.1. The molecule has 1 aliphatic heterocycles. The zero-order valence-electron chi connectivity index (χ0n) is 35.9. The summed E-state index contributed by atoms with van der Waals surface area (Å²) in [6.45, 7) is 4.78. The Morgan fingerprint density at radius 2 is 1.14 bits per heavy atom. The topological polar surface area (TPSA) is 36.8 Å². The maximum absolute atomic E-state index is 5.42. The Balaban J connectivity index is 1.09. The second-order valence-corrected chi connectivity index (χ2v) is 18.3. The second-order valence-electron chi connectivity index (χ2n) is 18.3. The Bertz CT molecular complexity index is 3450. The van der Waals surface area contributed by atoms with Crippen LogP contribution in [0.15, 0.2) is 204 Å². The first-order chi connectivity index (χ1) is 31.5. The molecule has 0 radical (unpaired) electrons. The van der Waals surface area contributed by atoms with Crippen LogP contribution in [0.4, 0.5) is 0 Å². The number of hydrogen-bond acceptors (Lipinski definition) is 3. The molecule has 3 heteroatoms. The van der Waals surface area contributed by atoms with Crippen LogP contribution in [0.2, 0.25) is 0 Å². The van der Waals surface area contributed by atoms with Gasteiger partial charge in [-0.1, -0.05) is 202 Å². The quantitative estimate of drug-likeness (QED) is 0.176. The Labute approximate surface area is 374 Å². The average molecular weight is 820 g/mol. The average Bonchev–Trinajstić information content (AvgIpc) is 3.66. The monoisotopic (exact) mass is 819 g/mol. The van der Waals surface area contributed by atoms with Gasteiger partial charge in [0.15, 0.2) is 5.84 Å². The minimum Gasteiger partial charge on any atom is -0.344 e. The molecule has 3 aliphatic carbocycles. The molecular formula is C61H45N3. The maximum atomic E-state index is 5.42. The third kappa shape index (κ3) is 5.21. The van der Waals surface area contributed by atoms with Crippen LogP contribution in [-0.4, -0.2) is 11.7 Å². The van der Waals surface area contributed by atoms with Gasteiger partial charge in [0.2, 0.25) is 0 Å². The van der Waals surface area contributed by atoms with Crippen molar-refractivity contribution in [2.24, 2.45) is 9.98 Å². The summed E-state index contributed by atoms with van der Waals surface area (Å²) in [6.07, 6.45) is 6.53. The molecule has 64 heavy (non-hydrogen) atoms. The molecule has 1 atom stereocenters. The number of nitrogens with one attached hydrogen (secondary N) is 1. The number of allylic oxidation sites excluding steroid dienone is 1.